The minimum atomic E-state index is -0.919. The highest BCUT2D eigenvalue weighted by Crippen LogP contribution is 2.28. The maximum absolute atomic E-state index is 13.1. The van der Waals surface area contributed by atoms with Gasteiger partial charge in [-0.25, -0.2) is 9.18 Å². The van der Waals surface area contributed by atoms with Crippen LogP contribution in [0, 0.1) is 5.82 Å². The molecule has 0 aliphatic carbocycles. The quantitative estimate of drug-likeness (QED) is 0.733. The summed E-state index contributed by atoms with van der Waals surface area (Å²) in [5.74, 6) is -0.476. The average molecular weight is 366 g/mol. The van der Waals surface area contributed by atoms with E-state index in [0.717, 1.165) is 0 Å². The number of imide groups is 1. The number of urea groups is 1. The molecule has 2 rings (SSSR count). The number of hydrogen-bond acceptors (Lipinski definition) is 4. The third-order valence-electron chi connectivity index (χ3n) is 3.24. The SMILES string of the molecule is C[C@@H](Nc1ccc(OCc2cccc(F)c2)c(Cl)c1)C(=O)NC(N)=O. The smallest absolute Gasteiger partial charge is 0.318 e. The molecule has 3 amide bonds. The Morgan fingerprint density at radius 2 is 2.04 bits per heavy atom. The van der Waals surface area contributed by atoms with E-state index in [9.17, 15) is 14.0 Å². The third-order valence-corrected chi connectivity index (χ3v) is 3.53. The maximum atomic E-state index is 13.1. The number of carbonyl (C=O) groups excluding carboxylic acids is 2. The summed E-state index contributed by atoms with van der Waals surface area (Å²) in [5, 5.41) is 5.19. The fourth-order valence-corrected chi connectivity index (χ4v) is 2.28. The van der Waals surface area contributed by atoms with Crippen molar-refractivity contribution in [3.63, 3.8) is 0 Å². The molecule has 2 aromatic carbocycles. The summed E-state index contributed by atoms with van der Waals surface area (Å²) in [4.78, 5) is 22.3. The second kappa shape index (κ2) is 8.34. The summed E-state index contributed by atoms with van der Waals surface area (Å²) in [7, 11) is 0. The molecule has 1 atom stereocenters. The number of primary amides is 1. The molecule has 2 aromatic rings. The Bertz CT molecular complexity index is 785. The van der Waals surface area contributed by atoms with Crippen LogP contribution in [0.5, 0.6) is 5.75 Å². The van der Waals surface area contributed by atoms with E-state index in [1.54, 1.807) is 37.3 Å². The van der Waals surface area contributed by atoms with E-state index in [2.05, 4.69) is 5.32 Å². The molecule has 8 heteroatoms. The second-order valence-electron chi connectivity index (χ2n) is 5.28. The van der Waals surface area contributed by atoms with Crippen LogP contribution in [0.3, 0.4) is 0 Å². The van der Waals surface area contributed by atoms with Crippen molar-refractivity contribution in [2.75, 3.05) is 5.32 Å². The van der Waals surface area contributed by atoms with Crippen LogP contribution in [0.25, 0.3) is 0 Å². The topological polar surface area (TPSA) is 93.4 Å². The summed E-state index contributed by atoms with van der Waals surface area (Å²) in [6.07, 6.45) is 0. The number of amides is 3. The Hall–Kier alpha value is -2.80. The van der Waals surface area contributed by atoms with Gasteiger partial charge in [-0.05, 0) is 42.8 Å². The number of carbonyl (C=O) groups is 2. The van der Waals surface area contributed by atoms with Crippen molar-refractivity contribution < 1.29 is 18.7 Å². The molecular weight excluding hydrogens is 349 g/mol. The van der Waals surface area contributed by atoms with Gasteiger partial charge in [-0.3, -0.25) is 10.1 Å². The molecule has 0 radical (unpaired) electrons. The zero-order chi connectivity index (χ0) is 18.4. The molecule has 0 fully saturated rings. The number of ether oxygens (including phenoxy) is 1. The molecule has 0 saturated carbocycles. The van der Waals surface area contributed by atoms with Crippen LogP contribution in [0.4, 0.5) is 14.9 Å². The number of anilines is 1. The highest BCUT2D eigenvalue weighted by molar-refractivity contribution is 6.32. The van der Waals surface area contributed by atoms with Crippen molar-refractivity contribution in [3.05, 3.63) is 58.9 Å². The predicted octanol–water partition coefficient (Wildman–Crippen LogP) is 3.05. The first kappa shape index (κ1) is 18.5. The second-order valence-corrected chi connectivity index (χ2v) is 5.69. The molecule has 0 bridgehead atoms. The first-order valence-electron chi connectivity index (χ1n) is 7.39. The Morgan fingerprint density at radius 3 is 2.68 bits per heavy atom. The van der Waals surface area contributed by atoms with E-state index in [0.29, 0.717) is 22.0 Å². The number of rotatable bonds is 6. The number of nitrogens with one attached hydrogen (secondary N) is 2. The summed E-state index contributed by atoms with van der Waals surface area (Å²) in [6.45, 7) is 1.74. The van der Waals surface area contributed by atoms with Gasteiger partial charge in [0.2, 0.25) is 5.91 Å². The molecular formula is C17H17ClFN3O3. The molecule has 0 aliphatic heterocycles. The van der Waals surface area contributed by atoms with Crippen LogP contribution < -0.4 is 21.1 Å². The lowest BCUT2D eigenvalue weighted by Gasteiger charge is -2.15. The summed E-state index contributed by atoms with van der Waals surface area (Å²) >= 11 is 6.16. The highest BCUT2D eigenvalue weighted by Gasteiger charge is 2.14. The van der Waals surface area contributed by atoms with E-state index in [1.165, 1.54) is 12.1 Å². The fourth-order valence-electron chi connectivity index (χ4n) is 2.04. The molecule has 0 spiro atoms. The van der Waals surface area contributed by atoms with Gasteiger partial charge < -0.3 is 15.8 Å². The third kappa shape index (κ3) is 5.65. The van der Waals surface area contributed by atoms with Crippen LogP contribution in [0.1, 0.15) is 12.5 Å². The Balaban J connectivity index is 1.98. The van der Waals surface area contributed by atoms with Crippen LogP contribution >= 0.6 is 11.6 Å². The molecule has 25 heavy (non-hydrogen) atoms. The molecule has 0 heterocycles. The lowest BCUT2D eigenvalue weighted by molar-refractivity contribution is -0.120. The van der Waals surface area contributed by atoms with Crippen molar-refractivity contribution in [3.8, 4) is 5.75 Å². The van der Waals surface area contributed by atoms with Crippen molar-refractivity contribution in [1.29, 1.82) is 0 Å². The minimum absolute atomic E-state index is 0.168. The van der Waals surface area contributed by atoms with Crippen molar-refractivity contribution in [2.24, 2.45) is 5.73 Å². The first-order chi connectivity index (χ1) is 11.8. The maximum Gasteiger partial charge on any atom is 0.318 e. The lowest BCUT2D eigenvalue weighted by Crippen LogP contribution is -2.43. The van der Waals surface area contributed by atoms with Crippen molar-refractivity contribution >= 4 is 29.2 Å². The van der Waals surface area contributed by atoms with Gasteiger partial charge >= 0.3 is 6.03 Å². The van der Waals surface area contributed by atoms with Gasteiger partial charge in [-0.1, -0.05) is 23.7 Å². The van der Waals surface area contributed by atoms with Gasteiger partial charge in [-0.15, -0.1) is 0 Å². The van der Waals surface area contributed by atoms with Gasteiger partial charge in [0.25, 0.3) is 0 Å². The molecule has 0 aromatic heterocycles. The number of benzene rings is 2. The molecule has 0 unspecified atom stereocenters. The standard InChI is InChI=1S/C17H17ClFN3O3/c1-10(16(23)22-17(20)24)21-13-5-6-15(14(18)8-13)25-9-11-3-2-4-12(19)7-11/h2-8,10,21H,9H2,1H3,(H3,20,22,23,24)/t10-/m1/s1. The Labute approximate surface area is 149 Å². The number of hydrogen-bond donors (Lipinski definition) is 3. The molecule has 0 saturated heterocycles. The van der Waals surface area contributed by atoms with Gasteiger partial charge in [0, 0.05) is 5.69 Å². The fraction of sp³-hybridized carbons (Fsp3) is 0.176. The van der Waals surface area contributed by atoms with E-state index >= 15 is 0 Å². The largest absolute Gasteiger partial charge is 0.487 e. The normalized spacial score (nSPS) is 11.5. The summed E-state index contributed by atoms with van der Waals surface area (Å²) in [5.41, 5.74) is 6.14. The van der Waals surface area contributed by atoms with Crippen molar-refractivity contribution in [1.82, 2.24) is 5.32 Å². The van der Waals surface area contributed by atoms with Crippen LogP contribution in [-0.2, 0) is 11.4 Å². The molecule has 6 nitrogen and oxygen atoms in total. The summed E-state index contributed by atoms with van der Waals surface area (Å²) < 4.78 is 18.7. The summed E-state index contributed by atoms with van der Waals surface area (Å²) in [6, 6.07) is 9.34. The van der Waals surface area contributed by atoms with Crippen LogP contribution in [0.15, 0.2) is 42.5 Å². The van der Waals surface area contributed by atoms with E-state index in [4.69, 9.17) is 22.1 Å². The molecule has 132 valence electrons. The van der Waals surface area contributed by atoms with Crippen LogP contribution in [-0.4, -0.2) is 18.0 Å². The highest BCUT2D eigenvalue weighted by atomic mass is 35.5. The first-order valence-corrected chi connectivity index (χ1v) is 7.76. The average Bonchev–Trinajstić information content (AvgIpc) is 2.53. The Morgan fingerprint density at radius 1 is 1.28 bits per heavy atom. The minimum Gasteiger partial charge on any atom is -0.487 e. The van der Waals surface area contributed by atoms with Gasteiger partial charge in [0.15, 0.2) is 0 Å². The molecule has 4 N–H and O–H groups in total. The lowest BCUT2D eigenvalue weighted by atomic mass is 10.2. The number of nitrogens with two attached hydrogens (primary N) is 1. The zero-order valence-electron chi connectivity index (χ0n) is 13.4. The zero-order valence-corrected chi connectivity index (χ0v) is 14.1. The van der Waals surface area contributed by atoms with Crippen molar-refractivity contribution in [2.45, 2.75) is 19.6 Å². The Kier molecular flexibility index (Phi) is 6.19. The molecule has 0 aliphatic rings. The van der Waals surface area contributed by atoms with Gasteiger partial charge in [0.1, 0.15) is 24.2 Å². The van der Waals surface area contributed by atoms with E-state index < -0.39 is 18.0 Å². The van der Waals surface area contributed by atoms with Crippen LogP contribution in [0.2, 0.25) is 5.02 Å². The van der Waals surface area contributed by atoms with E-state index in [-0.39, 0.29) is 12.4 Å². The predicted molar refractivity (Wildman–Crippen MR) is 93.0 cm³/mol. The van der Waals surface area contributed by atoms with E-state index in [1.807, 2.05) is 5.32 Å². The monoisotopic (exact) mass is 365 g/mol. The van der Waals surface area contributed by atoms with Gasteiger partial charge in [-0.2, -0.15) is 0 Å². The van der Waals surface area contributed by atoms with Gasteiger partial charge in [0.05, 0.1) is 5.02 Å². The number of halogens is 2.